The first-order valence-electron chi connectivity index (χ1n) is 6.94. The first-order valence-corrected chi connectivity index (χ1v) is 6.94. The Labute approximate surface area is 116 Å². The van der Waals surface area contributed by atoms with Gasteiger partial charge in [-0.2, -0.15) is 5.10 Å². The lowest BCUT2D eigenvalue weighted by molar-refractivity contribution is -0.0546. The van der Waals surface area contributed by atoms with Gasteiger partial charge < -0.3 is 19.8 Å². The summed E-state index contributed by atoms with van der Waals surface area (Å²) in [6.45, 7) is 1.98. The third-order valence-electron chi connectivity index (χ3n) is 4.05. The van der Waals surface area contributed by atoms with Gasteiger partial charge in [0.2, 0.25) is 5.88 Å². The monoisotopic (exact) mass is 281 g/mol. The average molecular weight is 281 g/mol. The van der Waals surface area contributed by atoms with E-state index in [4.69, 9.17) is 9.84 Å². The number of piperidine rings is 1. The molecule has 0 atom stereocenters. The Morgan fingerprint density at radius 1 is 1.40 bits per heavy atom. The number of ether oxygens (including phenoxy) is 1. The summed E-state index contributed by atoms with van der Waals surface area (Å²) in [7, 11) is 0. The van der Waals surface area contributed by atoms with Gasteiger partial charge in [0.05, 0.1) is 25.0 Å². The zero-order valence-electron chi connectivity index (χ0n) is 11.3. The molecule has 0 radical (unpaired) electrons. The molecule has 0 aliphatic carbocycles. The second-order valence-corrected chi connectivity index (χ2v) is 5.46. The molecule has 0 saturated carbocycles. The lowest BCUT2D eigenvalue weighted by Gasteiger charge is -2.36. The number of rotatable bonds is 2. The van der Waals surface area contributed by atoms with Crippen molar-refractivity contribution in [3.05, 3.63) is 11.8 Å². The Balaban J connectivity index is 1.72. The molecule has 2 aliphatic rings. The van der Waals surface area contributed by atoms with Gasteiger partial charge in [-0.15, -0.1) is 0 Å². The van der Waals surface area contributed by atoms with E-state index in [0.717, 1.165) is 13.0 Å². The third-order valence-corrected chi connectivity index (χ3v) is 4.05. The van der Waals surface area contributed by atoms with Crippen LogP contribution in [0.2, 0.25) is 0 Å². The Hall–Kier alpha value is -1.60. The van der Waals surface area contributed by atoms with Gasteiger partial charge >= 0.3 is 0 Å². The molecule has 3 heterocycles. The number of aromatic nitrogens is 2. The first-order chi connectivity index (χ1) is 9.63. The van der Waals surface area contributed by atoms with E-state index in [2.05, 4.69) is 5.10 Å². The van der Waals surface area contributed by atoms with E-state index in [1.54, 1.807) is 15.8 Å². The van der Waals surface area contributed by atoms with E-state index < -0.39 is 5.60 Å². The van der Waals surface area contributed by atoms with Crippen LogP contribution < -0.4 is 4.74 Å². The quantitative estimate of drug-likeness (QED) is 0.772. The molecule has 0 aromatic carbocycles. The van der Waals surface area contributed by atoms with E-state index in [-0.39, 0.29) is 12.5 Å². The third kappa shape index (κ3) is 2.27. The highest BCUT2D eigenvalue weighted by molar-refractivity contribution is 5.96. The van der Waals surface area contributed by atoms with Gasteiger partial charge in [-0.05, 0) is 12.8 Å². The Kier molecular flexibility index (Phi) is 3.39. The number of hydrogen-bond acceptors (Lipinski definition) is 5. The van der Waals surface area contributed by atoms with Gasteiger partial charge in [-0.3, -0.25) is 4.79 Å². The average Bonchev–Trinajstić information content (AvgIpc) is 2.91. The maximum atomic E-state index is 12.5. The van der Waals surface area contributed by atoms with Crippen LogP contribution in [0.4, 0.5) is 0 Å². The number of fused-ring (bicyclic) bond motifs is 1. The molecule has 7 heteroatoms. The van der Waals surface area contributed by atoms with E-state index in [0.29, 0.717) is 44.0 Å². The zero-order valence-corrected chi connectivity index (χ0v) is 11.3. The molecule has 1 aromatic heterocycles. The van der Waals surface area contributed by atoms with Crippen LogP contribution >= 0.6 is 0 Å². The normalized spacial score (nSPS) is 21.2. The molecule has 1 fully saturated rings. The number of aryl methyl sites for hydroxylation is 1. The molecule has 1 amide bonds. The van der Waals surface area contributed by atoms with Crippen LogP contribution in [0, 0.1) is 0 Å². The predicted octanol–water partition coefficient (Wildman–Crippen LogP) is -0.375. The summed E-state index contributed by atoms with van der Waals surface area (Å²) in [5.41, 5.74) is -0.565. The molecule has 20 heavy (non-hydrogen) atoms. The minimum Gasteiger partial charge on any atom is -0.477 e. The van der Waals surface area contributed by atoms with Gasteiger partial charge in [-0.25, -0.2) is 4.68 Å². The maximum Gasteiger partial charge on any atom is 0.260 e. The van der Waals surface area contributed by atoms with Crippen molar-refractivity contribution in [1.29, 1.82) is 0 Å². The number of hydrogen-bond donors (Lipinski definition) is 2. The van der Waals surface area contributed by atoms with Crippen molar-refractivity contribution in [3.63, 3.8) is 0 Å². The summed E-state index contributed by atoms with van der Waals surface area (Å²) in [6, 6.07) is 0. The highest BCUT2D eigenvalue weighted by atomic mass is 16.5. The fraction of sp³-hybridized carbons (Fsp3) is 0.692. The molecule has 110 valence electrons. The van der Waals surface area contributed by atoms with Crippen molar-refractivity contribution in [3.8, 4) is 5.88 Å². The Bertz CT molecular complexity index is 506. The fourth-order valence-electron chi connectivity index (χ4n) is 2.67. The summed E-state index contributed by atoms with van der Waals surface area (Å²) in [4.78, 5) is 14.2. The van der Waals surface area contributed by atoms with Crippen LogP contribution in [0.15, 0.2) is 6.20 Å². The summed E-state index contributed by atoms with van der Waals surface area (Å²) in [6.07, 6.45) is 3.23. The van der Waals surface area contributed by atoms with Crippen LogP contribution in [0.3, 0.4) is 0 Å². The standard InChI is InChI=1S/C13H19N3O4/c17-9-13(19)2-5-15(6-3-13)11(18)10-8-14-16-4-1-7-20-12(10)16/h8,17,19H,1-7,9H2. The number of nitrogens with zero attached hydrogens (tertiary/aromatic N) is 3. The molecular weight excluding hydrogens is 262 g/mol. The van der Waals surface area contributed by atoms with Crippen molar-refractivity contribution in [2.45, 2.75) is 31.4 Å². The second kappa shape index (κ2) is 5.06. The van der Waals surface area contributed by atoms with Crippen LogP contribution in [0.25, 0.3) is 0 Å². The van der Waals surface area contributed by atoms with Crippen LogP contribution in [0.5, 0.6) is 5.88 Å². The minimum absolute atomic E-state index is 0.117. The molecule has 2 aliphatic heterocycles. The van der Waals surface area contributed by atoms with Gasteiger partial charge in [0.1, 0.15) is 5.56 Å². The van der Waals surface area contributed by atoms with Gasteiger partial charge in [0.15, 0.2) is 0 Å². The molecule has 1 saturated heterocycles. The molecule has 2 N–H and O–H groups in total. The lowest BCUT2D eigenvalue weighted by atomic mass is 9.92. The molecular formula is C13H19N3O4. The Morgan fingerprint density at radius 3 is 2.85 bits per heavy atom. The zero-order chi connectivity index (χ0) is 14.2. The maximum absolute atomic E-state index is 12.5. The largest absolute Gasteiger partial charge is 0.477 e. The highest BCUT2D eigenvalue weighted by Gasteiger charge is 2.35. The number of aliphatic hydroxyl groups is 2. The smallest absolute Gasteiger partial charge is 0.260 e. The molecule has 0 unspecified atom stereocenters. The molecule has 0 spiro atoms. The molecule has 0 bridgehead atoms. The van der Waals surface area contributed by atoms with Crippen LogP contribution in [-0.2, 0) is 6.54 Å². The fourth-order valence-corrected chi connectivity index (χ4v) is 2.67. The summed E-state index contributed by atoms with van der Waals surface area (Å²) < 4.78 is 7.25. The summed E-state index contributed by atoms with van der Waals surface area (Å²) in [5, 5.41) is 23.3. The number of carbonyl (C=O) groups is 1. The van der Waals surface area contributed by atoms with Gasteiger partial charge in [-0.1, -0.05) is 0 Å². The predicted molar refractivity (Wildman–Crippen MR) is 69.5 cm³/mol. The van der Waals surface area contributed by atoms with E-state index in [1.807, 2.05) is 0 Å². The van der Waals surface area contributed by atoms with E-state index in [9.17, 15) is 9.90 Å². The van der Waals surface area contributed by atoms with E-state index >= 15 is 0 Å². The topological polar surface area (TPSA) is 87.8 Å². The number of likely N-dealkylation sites (tertiary alicyclic amines) is 1. The number of aliphatic hydroxyl groups excluding tert-OH is 1. The number of amides is 1. The van der Waals surface area contributed by atoms with Crippen LogP contribution in [0.1, 0.15) is 29.6 Å². The van der Waals surface area contributed by atoms with Crippen molar-refractivity contribution in [2.24, 2.45) is 0 Å². The Morgan fingerprint density at radius 2 is 2.15 bits per heavy atom. The first kappa shape index (κ1) is 13.4. The van der Waals surface area contributed by atoms with Crippen molar-refractivity contribution < 1.29 is 19.7 Å². The van der Waals surface area contributed by atoms with Crippen LogP contribution in [-0.4, -0.2) is 62.7 Å². The van der Waals surface area contributed by atoms with E-state index in [1.165, 1.54) is 0 Å². The molecule has 7 nitrogen and oxygen atoms in total. The number of carbonyl (C=O) groups excluding carboxylic acids is 1. The second-order valence-electron chi connectivity index (χ2n) is 5.46. The highest BCUT2D eigenvalue weighted by Crippen LogP contribution is 2.27. The SMILES string of the molecule is O=C(c1cnn2c1OCCC2)N1CCC(O)(CO)CC1. The van der Waals surface area contributed by atoms with Gasteiger partial charge in [0, 0.05) is 26.1 Å². The minimum atomic E-state index is -1.05. The lowest BCUT2D eigenvalue weighted by Crippen LogP contribution is -2.48. The molecule has 3 rings (SSSR count). The van der Waals surface area contributed by atoms with Crippen molar-refractivity contribution >= 4 is 5.91 Å². The summed E-state index contributed by atoms with van der Waals surface area (Å²) >= 11 is 0. The van der Waals surface area contributed by atoms with Crippen molar-refractivity contribution in [2.75, 3.05) is 26.3 Å². The molecule has 1 aromatic rings. The van der Waals surface area contributed by atoms with Gasteiger partial charge in [0.25, 0.3) is 5.91 Å². The van der Waals surface area contributed by atoms with Crippen molar-refractivity contribution in [1.82, 2.24) is 14.7 Å². The summed E-state index contributed by atoms with van der Waals surface area (Å²) in [5.74, 6) is 0.428.